The molecule has 2 rings (SSSR count). The Kier molecular flexibility index (Phi) is 6.32. The van der Waals surface area contributed by atoms with Crippen LogP contribution in [0, 0.1) is 10.8 Å². The first-order valence-electron chi connectivity index (χ1n) is 9.25. The van der Waals surface area contributed by atoms with Gasteiger partial charge in [-0.25, -0.2) is 4.79 Å². The Hall–Kier alpha value is -1.92. The van der Waals surface area contributed by atoms with Gasteiger partial charge in [0.25, 0.3) is 5.91 Å². The van der Waals surface area contributed by atoms with E-state index in [0.717, 1.165) is 5.56 Å². The lowest BCUT2D eigenvalue weighted by molar-refractivity contribution is -0.161. The summed E-state index contributed by atoms with van der Waals surface area (Å²) in [6, 6.07) is 8.53. The Labute approximate surface area is 161 Å². The first-order chi connectivity index (χ1) is 12.6. The molecule has 1 aliphatic carbocycles. The summed E-state index contributed by atoms with van der Waals surface area (Å²) in [6.07, 6.45) is 1.26. The Balaban J connectivity index is 2.22. The molecule has 0 radical (unpaired) electrons. The van der Waals surface area contributed by atoms with Crippen LogP contribution in [0.4, 0.5) is 0 Å². The molecule has 1 amide bonds. The lowest BCUT2D eigenvalue weighted by atomic mass is 9.64. The number of carbonyl (C=O) groups excluding carboxylic acids is 2. The molecule has 0 spiro atoms. The van der Waals surface area contributed by atoms with Crippen LogP contribution in [-0.4, -0.2) is 49.5 Å². The number of benzene rings is 1. The zero-order valence-corrected chi connectivity index (χ0v) is 16.9. The molecule has 3 atom stereocenters. The summed E-state index contributed by atoms with van der Waals surface area (Å²) in [4.78, 5) is 25.3. The number of hydrogen-bond donors (Lipinski definition) is 2. The van der Waals surface area contributed by atoms with Crippen molar-refractivity contribution in [1.82, 2.24) is 5.32 Å². The highest BCUT2D eigenvalue weighted by atomic mass is 16.5. The second kappa shape index (κ2) is 7.98. The third kappa shape index (κ3) is 3.87. The van der Waals surface area contributed by atoms with Crippen LogP contribution in [0.25, 0.3) is 0 Å². The summed E-state index contributed by atoms with van der Waals surface area (Å²) in [7, 11) is 2.91. The number of amides is 1. The second-order valence-electron chi connectivity index (χ2n) is 8.22. The van der Waals surface area contributed by atoms with Gasteiger partial charge in [-0.05, 0) is 23.8 Å². The second-order valence-corrected chi connectivity index (χ2v) is 8.22. The summed E-state index contributed by atoms with van der Waals surface area (Å²) in [5.41, 5.74) is -1.78. The van der Waals surface area contributed by atoms with Crippen LogP contribution >= 0.6 is 0 Å². The van der Waals surface area contributed by atoms with E-state index in [9.17, 15) is 14.7 Å². The number of aliphatic hydroxyl groups is 1. The van der Waals surface area contributed by atoms with E-state index in [1.807, 2.05) is 51.1 Å². The van der Waals surface area contributed by atoms with E-state index < -0.39 is 28.9 Å². The molecule has 0 saturated heterocycles. The van der Waals surface area contributed by atoms with Crippen molar-refractivity contribution in [2.75, 3.05) is 20.8 Å². The molecular formula is C21H31NO5. The van der Waals surface area contributed by atoms with E-state index in [4.69, 9.17) is 9.47 Å². The Bertz CT molecular complexity index is 674. The molecule has 0 aliphatic heterocycles. The third-order valence-electron chi connectivity index (χ3n) is 6.49. The Morgan fingerprint density at radius 3 is 2.33 bits per heavy atom. The zero-order chi connectivity index (χ0) is 20.3. The van der Waals surface area contributed by atoms with E-state index in [0.29, 0.717) is 25.9 Å². The van der Waals surface area contributed by atoms with Crippen molar-refractivity contribution in [2.24, 2.45) is 10.8 Å². The van der Waals surface area contributed by atoms with Gasteiger partial charge >= 0.3 is 5.97 Å². The fraction of sp³-hybridized carbons (Fsp3) is 0.619. The van der Waals surface area contributed by atoms with Crippen LogP contribution in [0.3, 0.4) is 0 Å². The van der Waals surface area contributed by atoms with E-state index in [-0.39, 0.29) is 5.41 Å². The summed E-state index contributed by atoms with van der Waals surface area (Å²) >= 11 is 0. The van der Waals surface area contributed by atoms with Gasteiger partial charge in [-0.15, -0.1) is 0 Å². The highest BCUT2D eigenvalue weighted by molar-refractivity contribution is 5.90. The minimum Gasteiger partial charge on any atom is -0.467 e. The highest BCUT2D eigenvalue weighted by Gasteiger charge is 2.63. The quantitative estimate of drug-likeness (QED) is 0.711. The molecule has 6 heteroatoms. The molecule has 150 valence electrons. The van der Waals surface area contributed by atoms with Crippen molar-refractivity contribution < 1.29 is 24.2 Å². The van der Waals surface area contributed by atoms with Gasteiger partial charge in [-0.3, -0.25) is 4.79 Å². The first-order valence-corrected chi connectivity index (χ1v) is 9.25. The average Bonchev–Trinajstić information content (AvgIpc) is 2.82. The summed E-state index contributed by atoms with van der Waals surface area (Å²) in [6.45, 7) is 6.22. The fourth-order valence-corrected chi connectivity index (χ4v) is 4.01. The van der Waals surface area contributed by atoms with Gasteiger partial charge in [-0.2, -0.15) is 0 Å². The predicted octanol–water partition coefficient (Wildman–Crippen LogP) is 2.09. The van der Waals surface area contributed by atoms with E-state index in [1.165, 1.54) is 7.11 Å². The number of carbonyl (C=O) groups is 2. The maximum absolute atomic E-state index is 13.1. The molecule has 6 nitrogen and oxygen atoms in total. The van der Waals surface area contributed by atoms with Gasteiger partial charge in [-0.1, -0.05) is 51.1 Å². The number of hydrogen-bond acceptors (Lipinski definition) is 5. The normalized spacial score (nSPS) is 27.8. The van der Waals surface area contributed by atoms with Gasteiger partial charge in [0, 0.05) is 18.9 Å². The number of ether oxygens (including phenoxy) is 2. The lowest BCUT2D eigenvalue weighted by Crippen LogP contribution is -2.60. The van der Waals surface area contributed by atoms with Gasteiger partial charge in [0.15, 0.2) is 0 Å². The minimum atomic E-state index is -1.59. The molecule has 27 heavy (non-hydrogen) atoms. The zero-order valence-electron chi connectivity index (χ0n) is 16.9. The van der Waals surface area contributed by atoms with Crippen LogP contribution in [0.15, 0.2) is 30.3 Å². The monoisotopic (exact) mass is 377 g/mol. The van der Waals surface area contributed by atoms with Crippen molar-refractivity contribution >= 4 is 11.9 Å². The molecule has 0 aromatic heterocycles. The summed E-state index contributed by atoms with van der Waals surface area (Å²) in [5, 5.41) is 14.0. The number of esters is 1. The van der Waals surface area contributed by atoms with Crippen LogP contribution in [0.2, 0.25) is 0 Å². The van der Waals surface area contributed by atoms with E-state index in [2.05, 4.69) is 5.32 Å². The van der Waals surface area contributed by atoms with Crippen molar-refractivity contribution in [2.45, 2.75) is 51.7 Å². The molecule has 1 aromatic rings. The third-order valence-corrected chi connectivity index (χ3v) is 6.49. The molecule has 1 fully saturated rings. The molecule has 1 aliphatic rings. The maximum Gasteiger partial charge on any atom is 0.328 e. The topological polar surface area (TPSA) is 84.9 Å². The summed E-state index contributed by atoms with van der Waals surface area (Å²) < 4.78 is 10.2. The van der Waals surface area contributed by atoms with Crippen LogP contribution in [0.5, 0.6) is 0 Å². The van der Waals surface area contributed by atoms with Crippen molar-refractivity contribution in [3.05, 3.63) is 35.9 Å². The number of nitrogens with one attached hydrogen (secondary N) is 1. The smallest absolute Gasteiger partial charge is 0.328 e. The molecule has 2 N–H and O–H groups in total. The fourth-order valence-electron chi connectivity index (χ4n) is 4.01. The Morgan fingerprint density at radius 2 is 1.78 bits per heavy atom. The first kappa shape index (κ1) is 21.4. The molecule has 0 unspecified atom stereocenters. The van der Waals surface area contributed by atoms with E-state index in [1.54, 1.807) is 7.11 Å². The average molecular weight is 377 g/mol. The van der Waals surface area contributed by atoms with Crippen molar-refractivity contribution in [1.29, 1.82) is 0 Å². The maximum atomic E-state index is 13.1. The van der Waals surface area contributed by atoms with Crippen LogP contribution in [0.1, 0.15) is 39.2 Å². The van der Waals surface area contributed by atoms with E-state index >= 15 is 0 Å². The van der Waals surface area contributed by atoms with Crippen LogP contribution in [-0.2, 0) is 25.5 Å². The summed E-state index contributed by atoms with van der Waals surface area (Å²) in [5.74, 6) is -1.08. The lowest BCUT2D eigenvalue weighted by Gasteiger charge is -2.45. The minimum absolute atomic E-state index is 0.297. The highest BCUT2D eigenvalue weighted by Crippen LogP contribution is 2.58. The van der Waals surface area contributed by atoms with Gasteiger partial charge in [0.1, 0.15) is 11.6 Å². The van der Waals surface area contributed by atoms with Gasteiger partial charge in [0.05, 0.1) is 13.7 Å². The van der Waals surface area contributed by atoms with Gasteiger partial charge < -0.3 is 19.9 Å². The molecule has 0 bridgehead atoms. The molecular weight excluding hydrogens is 346 g/mol. The van der Waals surface area contributed by atoms with Gasteiger partial charge in [0.2, 0.25) is 0 Å². The van der Waals surface area contributed by atoms with Crippen molar-refractivity contribution in [3.8, 4) is 0 Å². The number of methoxy groups -OCH3 is 2. The molecule has 1 saturated carbocycles. The number of rotatable bonds is 7. The Morgan fingerprint density at radius 1 is 1.15 bits per heavy atom. The SMILES string of the molecule is COC[C@]1(C)CC[C@@](O)(C(=O)N[C@@H](Cc2ccccc2)C(=O)OC)C1(C)C. The largest absolute Gasteiger partial charge is 0.467 e. The standard InChI is InChI=1S/C21H31NO5/c1-19(2)20(3,14-26-4)11-12-21(19,25)18(24)22-16(17(23)27-5)13-15-9-7-6-8-10-15/h6-10,16,25H,11-14H2,1-5H3,(H,22,24)/t16-,20-,21+/m0/s1. The van der Waals surface area contributed by atoms with Crippen LogP contribution < -0.4 is 5.32 Å². The van der Waals surface area contributed by atoms with Crippen molar-refractivity contribution in [3.63, 3.8) is 0 Å². The predicted molar refractivity (Wildman–Crippen MR) is 102 cm³/mol. The molecule has 1 aromatic carbocycles. The molecule has 0 heterocycles.